The van der Waals surface area contributed by atoms with Crippen LogP contribution in [0.4, 0.5) is 5.69 Å². The second kappa shape index (κ2) is 5.37. The summed E-state index contributed by atoms with van der Waals surface area (Å²) in [7, 11) is 0. The highest BCUT2D eigenvalue weighted by Gasteiger charge is 2.19. The van der Waals surface area contributed by atoms with Gasteiger partial charge in [0.1, 0.15) is 5.71 Å². The van der Waals surface area contributed by atoms with Crippen LogP contribution in [0, 0.1) is 0 Å². The molecule has 0 aliphatic carbocycles. The second-order valence-electron chi connectivity index (χ2n) is 3.67. The van der Waals surface area contributed by atoms with Gasteiger partial charge >= 0.3 is 0 Å². The van der Waals surface area contributed by atoms with Crippen LogP contribution in [-0.4, -0.2) is 17.5 Å². The van der Waals surface area contributed by atoms with Crippen LogP contribution in [-0.2, 0) is 9.59 Å². The first-order valence-corrected chi connectivity index (χ1v) is 5.93. The van der Waals surface area contributed by atoms with Gasteiger partial charge in [0.2, 0.25) is 5.91 Å². The Morgan fingerprint density at radius 2 is 2.11 bits per heavy atom. The van der Waals surface area contributed by atoms with E-state index in [9.17, 15) is 9.59 Å². The minimum atomic E-state index is -0.404. The molecular formula is C11H9Cl2N3O2. The minimum Gasteiger partial charge on any atom is -0.319 e. The van der Waals surface area contributed by atoms with Crippen LogP contribution < -0.4 is 10.7 Å². The van der Waals surface area contributed by atoms with Crippen LogP contribution in [0.2, 0.25) is 10.0 Å². The summed E-state index contributed by atoms with van der Waals surface area (Å²) in [6.45, 7) is 0. The first-order valence-electron chi connectivity index (χ1n) is 5.18. The molecule has 0 unspecified atom stereocenters. The zero-order valence-corrected chi connectivity index (χ0v) is 10.7. The Hall–Kier alpha value is -1.59. The average molecular weight is 286 g/mol. The van der Waals surface area contributed by atoms with Crippen LogP contribution in [0.5, 0.6) is 0 Å². The van der Waals surface area contributed by atoms with E-state index >= 15 is 0 Å². The fourth-order valence-electron chi connectivity index (χ4n) is 1.43. The molecule has 1 heterocycles. The molecule has 94 valence electrons. The number of nitrogens with zero attached hydrogens (tertiary/aromatic N) is 1. The van der Waals surface area contributed by atoms with E-state index in [-0.39, 0.29) is 18.0 Å². The van der Waals surface area contributed by atoms with E-state index in [4.69, 9.17) is 23.2 Å². The number of benzene rings is 1. The van der Waals surface area contributed by atoms with Crippen LogP contribution in [0.1, 0.15) is 12.8 Å². The lowest BCUT2D eigenvalue weighted by Crippen LogP contribution is -2.32. The van der Waals surface area contributed by atoms with Gasteiger partial charge in [0.05, 0.1) is 10.7 Å². The number of halogens is 2. The van der Waals surface area contributed by atoms with Gasteiger partial charge in [-0.25, -0.2) is 5.43 Å². The molecule has 0 fully saturated rings. The van der Waals surface area contributed by atoms with Crippen LogP contribution >= 0.6 is 23.2 Å². The summed E-state index contributed by atoms with van der Waals surface area (Å²) in [5.74, 6) is -0.605. The van der Waals surface area contributed by atoms with Crippen molar-refractivity contribution in [2.75, 3.05) is 5.32 Å². The Labute approximate surface area is 113 Å². The standard InChI is InChI=1S/C11H9Cl2N3O2/c12-6-1-2-7(13)9(5-6)14-11(18)8-3-4-10(17)16-15-8/h1-2,5H,3-4H2,(H,14,18)(H,16,17). The molecule has 0 radical (unpaired) electrons. The molecule has 1 aliphatic rings. The number of anilines is 1. The highest BCUT2D eigenvalue weighted by molar-refractivity contribution is 6.45. The lowest BCUT2D eigenvalue weighted by molar-refractivity contribution is -0.121. The molecule has 2 rings (SSSR count). The number of hydrogen-bond acceptors (Lipinski definition) is 3. The van der Waals surface area contributed by atoms with E-state index in [1.165, 1.54) is 0 Å². The Bertz CT molecular complexity index is 543. The van der Waals surface area contributed by atoms with Gasteiger partial charge < -0.3 is 5.32 Å². The van der Waals surface area contributed by atoms with Crippen molar-refractivity contribution >= 4 is 46.4 Å². The van der Waals surface area contributed by atoms with Gasteiger partial charge in [-0.3, -0.25) is 9.59 Å². The molecule has 0 aromatic heterocycles. The van der Waals surface area contributed by atoms with Gasteiger partial charge in [0.15, 0.2) is 0 Å². The molecule has 1 aromatic carbocycles. The summed E-state index contributed by atoms with van der Waals surface area (Å²) in [5.41, 5.74) is 2.92. The maximum absolute atomic E-state index is 11.8. The zero-order chi connectivity index (χ0) is 13.1. The molecule has 1 aromatic rings. The highest BCUT2D eigenvalue weighted by Crippen LogP contribution is 2.25. The number of nitrogens with one attached hydrogen (secondary N) is 2. The van der Waals surface area contributed by atoms with Crippen molar-refractivity contribution in [3.05, 3.63) is 28.2 Å². The zero-order valence-electron chi connectivity index (χ0n) is 9.17. The molecule has 0 saturated carbocycles. The topological polar surface area (TPSA) is 70.6 Å². The predicted molar refractivity (Wildman–Crippen MR) is 69.9 cm³/mol. The predicted octanol–water partition coefficient (Wildman–Crippen LogP) is 2.20. The van der Waals surface area contributed by atoms with Gasteiger partial charge in [-0.05, 0) is 18.2 Å². The first-order chi connectivity index (χ1) is 8.56. The van der Waals surface area contributed by atoms with Crippen LogP contribution in [0.15, 0.2) is 23.3 Å². The Balaban J connectivity index is 2.12. The molecule has 7 heteroatoms. The molecular weight excluding hydrogens is 277 g/mol. The van der Waals surface area contributed by atoms with E-state index in [1.807, 2.05) is 0 Å². The smallest absolute Gasteiger partial charge is 0.271 e. The lowest BCUT2D eigenvalue weighted by atomic mass is 10.1. The SMILES string of the molecule is O=C1CCC(C(=O)Nc2cc(Cl)ccc2Cl)=NN1. The van der Waals surface area contributed by atoms with Gasteiger partial charge in [-0.1, -0.05) is 23.2 Å². The monoisotopic (exact) mass is 285 g/mol. The molecule has 18 heavy (non-hydrogen) atoms. The molecule has 1 aliphatic heterocycles. The van der Waals surface area contributed by atoms with Gasteiger partial charge in [0.25, 0.3) is 5.91 Å². The third kappa shape index (κ3) is 3.00. The summed E-state index contributed by atoms with van der Waals surface area (Å²) in [5, 5.41) is 7.13. The molecule has 0 spiro atoms. The second-order valence-corrected chi connectivity index (χ2v) is 4.52. The third-order valence-corrected chi connectivity index (χ3v) is 2.91. The van der Waals surface area contributed by atoms with Crippen LogP contribution in [0.25, 0.3) is 0 Å². The largest absolute Gasteiger partial charge is 0.319 e. The summed E-state index contributed by atoms with van der Waals surface area (Å²) < 4.78 is 0. The molecule has 2 amide bonds. The van der Waals surface area contributed by atoms with E-state index in [0.717, 1.165) is 0 Å². The molecule has 5 nitrogen and oxygen atoms in total. The van der Waals surface area contributed by atoms with E-state index < -0.39 is 5.91 Å². The maximum atomic E-state index is 11.8. The van der Waals surface area contributed by atoms with Crippen molar-refractivity contribution in [2.24, 2.45) is 5.10 Å². The van der Waals surface area contributed by atoms with Crippen molar-refractivity contribution in [2.45, 2.75) is 12.8 Å². The lowest BCUT2D eigenvalue weighted by Gasteiger charge is -2.12. The number of hydrazone groups is 1. The number of carbonyl (C=O) groups excluding carboxylic acids is 2. The van der Waals surface area contributed by atoms with Crippen molar-refractivity contribution < 1.29 is 9.59 Å². The van der Waals surface area contributed by atoms with Gasteiger partial charge in [-0.15, -0.1) is 0 Å². The summed E-state index contributed by atoms with van der Waals surface area (Å²) in [4.78, 5) is 22.7. The summed E-state index contributed by atoms with van der Waals surface area (Å²) in [6.07, 6.45) is 0.547. The normalized spacial score (nSPS) is 14.8. The maximum Gasteiger partial charge on any atom is 0.271 e. The third-order valence-electron chi connectivity index (χ3n) is 2.34. The van der Waals surface area contributed by atoms with E-state index in [1.54, 1.807) is 18.2 Å². The van der Waals surface area contributed by atoms with E-state index in [0.29, 0.717) is 22.2 Å². The molecule has 0 bridgehead atoms. The highest BCUT2D eigenvalue weighted by atomic mass is 35.5. The number of hydrogen-bond donors (Lipinski definition) is 2. The molecule has 0 saturated heterocycles. The van der Waals surface area contributed by atoms with Gasteiger partial charge in [0, 0.05) is 17.9 Å². The number of carbonyl (C=O) groups is 2. The van der Waals surface area contributed by atoms with Crippen molar-refractivity contribution in [1.29, 1.82) is 0 Å². The number of amides is 2. The average Bonchev–Trinajstić information content (AvgIpc) is 2.34. The summed E-state index contributed by atoms with van der Waals surface area (Å²) in [6, 6.07) is 4.76. The van der Waals surface area contributed by atoms with E-state index in [2.05, 4.69) is 15.8 Å². The first kappa shape index (κ1) is 12.9. The fourth-order valence-corrected chi connectivity index (χ4v) is 1.76. The molecule has 0 atom stereocenters. The minimum absolute atomic E-state index is 0.202. The Morgan fingerprint density at radius 1 is 1.33 bits per heavy atom. The van der Waals surface area contributed by atoms with Crippen molar-refractivity contribution in [3.63, 3.8) is 0 Å². The van der Waals surface area contributed by atoms with Crippen molar-refractivity contribution in [1.82, 2.24) is 5.43 Å². The molecule has 2 N–H and O–H groups in total. The van der Waals surface area contributed by atoms with Gasteiger partial charge in [-0.2, -0.15) is 5.10 Å². The summed E-state index contributed by atoms with van der Waals surface area (Å²) >= 11 is 11.7. The van der Waals surface area contributed by atoms with Crippen molar-refractivity contribution in [3.8, 4) is 0 Å². The fraction of sp³-hybridized carbons (Fsp3) is 0.182. The van der Waals surface area contributed by atoms with Crippen LogP contribution in [0.3, 0.4) is 0 Å². The quantitative estimate of drug-likeness (QED) is 0.875. The Kier molecular flexibility index (Phi) is 3.84. The number of rotatable bonds is 2. The Morgan fingerprint density at radius 3 is 2.78 bits per heavy atom.